The molecular weight excluding hydrogens is 387 g/mol. The number of hydrogen-bond acceptors (Lipinski definition) is 3. The van der Waals surface area contributed by atoms with Gasteiger partial charge in [0.15, 0.2) is 0 Å². The largest absolute Gasteiger partial charge is 0.354 e. The molecule has 1 aliphatic heterocycles. The highest BCUT2D eigenvalue weighted by Gasteiger charge is 2.29. The topological polar surface area (TPSA) is 49.4 Å². The third kappa shape index (κ3) is 4.38. The van der Waals surface area contributed by atoms with E-state index >= 15 is 0 Å². The number of nitrogens with zero attached hydrogens (tertiary/aromatic N) is 1. The average molecular weight is 408 g/mol. The zero-order chi connectivity index (χ0) is 20.2. The second-order valence-corrected chi connectivity index (χ2v) is 8.04. The van der Waals surface area contributed by atoms with Crippen LogP contribution in [0.25, 0.3) is 10.4 Å². The summed E-state index contributed by atoms with van der Waals surface area (Å²) in [6.07, 6.45) is 0.535. The van der Waals surface area contributed by atoms with Crippen LogP contribution in [0, 0.1) is 11.7 Å². The first kappa shape index (κ1) is 19.3. The molecule has 0 spiro atoms. The maximum atomic E-state index is 13.5. The van der Waals surface area contributed by atoms with E-state index in [1.807, 2.05) is 29.6 Å². The molecular formula is C23H21FN2O2S. The van der Waals surface area contributed by atoms with Crippen LogP contribution in [-0.4, -0.2) is 36.3 Å². The SMILES string of the molecule is O=C1NCCN(C(=O)c2cccc(F)c2)CC1Cc1ccccc1-c1cccs1. The highest BCUT2D eigenvalue weighted by atomic mass is 32.1. The standard InChI is InChI=1S/C23H21FN2O2S/c24-19-7-3-6-17(14-19)23(28)26-11-10-25-22(27)18(15-26)13-16-5-1-2-8-20(16)21-9-4-12-29-21/h1-9,12,14,18H,10-11,13,15H2,(H,25,27). The van der Waals surface area contributed by atoms with Crippen molar-refractivity contribution in [1.82, 2.24) is 10.2 Å². The molecule has 0 bridgehead atoms. The Morgan fingerprint density at radius 2 is 2.00 bits per heavy atom. The summed E-state index contributed by atoms with van der Waals surface area (Å²) in [7, 11) is 0. The minimum absolute atomic E-state index is 0.0551. The molecule has 2 heterocycles. The molecule has 1 aromatic heterocycles. The van der Waals surface area contributed by atoms with Gasteiger partial charge in [-0.15, -0.1) is 11.3 Å². The summed E-state index contributed by atoms with van der Waals surface area (Å²) in [6.45, 7) is 1.10. The van der Waals surface area contributed by atoms with E-state index in [4.69, 9.17) is 0 Å². The Kier molecular flexibility index (Phi) is 5.71. The molecule has 1 fully saturated rings. The number of hydrogen-bond donors (Lipinski definition) is 1. The molecule has 29 heavy (non-hydrogen) atoms. The lowest BCUT2D eigenvalue weighted by atomic mass is 9.94. The second kappa shape index (κ2) is 8.57. The molecule has 2 aromatic carbocycles. The summed E-state index contributed by atoms with van der Waals surface area (Å²) >= 11 is 1.66. The zero-order valence-corrected chi connectivity index (χ0v) is 16.6. The molecule has 1 saturated heterocycles. The van der Waals surface area contributed by atoms with Crippen molar-refractivity contribution in [2.45, 2.75) is 6.42 Å². The molecule has 148 valence electrons. The molecule has 0 aliphatic carbocycles. The van der Waals surface area contributed by atoms with E-state index < -0.39 is 5.82 Å². The summed E-state index contributed by atoms with van der Waals surface area (Å²) in [5.41, 5.74) is 2.50. The Bertz CT molecular complexity index is 1020. The van der Waals surface area contributed by atoms with Crippen molar-refractivity contribution >= 4 is 23.2 Å². The number of benzene rings is 2. The predicted molar refractivity (Wildman–Crippen MR) is 112 cm³/mol. The normalized spacial score (nSPS) is 16.9. The molecule has 4 nitrogen and oxygen atoms in total. The van der Waals surface area contributed by atoms with Crippen LogP contribution in [0.3, 0.4) is 0 Å². The highest BCUT2D eigenvalue weighted by molar-refractivity contribution is 7.13. The highest BCUT2D eigenvalue weighted by Crippen LogP contribution is 2.30. The molecule has 1 atom stereocenters. The lowest BCUT2D eigenvalue weighted by Gasteiger charge is -2.24. The van der Waals surface area contributed by atoms with Gasteiger partial charge in [0.1, 0.15) is 5.82 Å². The van der Waals surface area contributed by atoms with Gasteiger partial charge in [-0.3, -0.25) is 9.59 Å². The molecule has 1 unspecified atom stereocenters. The quantitative estimate of drug-likeness (QED) is 0.710. The van der Waals surface area contributed by atoms with Crippen LogP contribution < -0.4 is 5.32 Å². The molecule has 0 radical (unpaired) electrons. The molecule has 1 aliphatic rings. The van der Waals surface area contributed by atoms with Gasteiger partial charge in [-0.05, 0) is 47.2 Å². The number of carbonyl (C=O) groups excluding carboxylic acids is 2. The van der Waals surface area contributed by atoms with Crippen molar-refractivity contribution in [1.29, 1.82) is 0 Å². The van der Waals surface area contributed by atoms with Crippen LogP contribution in [0.5, 0.6) is 0 Å². The van der Waals surface area contributed by atoms with Crippen LogP contribution in [0.1, 0.15) is 15.9 Å². The molecule has 1 N–H and O–H groups in total. The molecule has 4 rings (SSSR count). The van der Waals surface area contributed by atoms with E-state index in [9.17, 15) is 14.0 Å². The van der Waals surface area contributed by atoms with Gasteiger partial charge in [0.05, 0.1) is 5.92 Å². The number of rotatable bonds is 4. The summed E-state index contributed by atoms with van der Waals surface area (Å²) in [6, 6.07) is 17.8. The number of thiophene rings is 1. The fourth-order valence-electron chi connectivity index (χ4n) is 3.68. The van der Waals surface area contributed by atoms with Crippen molar-refractivity contribution < 1.29 is 14.0 Å². The van der Waals surface area contributed by atoms with E-state index in [0.717, 1.165) is 16.0 Å². The zero-order valence-electron chi connectivity index (χ0n) is 15.8. The van der Waals surface area contributed by atoms with Gasteiger partial charge in [0.2, 0.25) is 5.91 Å². The summed E-state index contributed by atoms with van der Waals surface area (Å²) in [5, 5.41) is 4.94. The van der Waals surface area contributed by atoms with Gasteiger partial charge in [-0.2, -0.15) is 0 Å². The van der Waals surface area contributed by atoms with Gasteiger partial charge in [-0.1, -0.05) is 36.4 Å². The number of nitrogens with one attached hydrogen (secondary N) is 1. The van der Waals surface area contributed by atoms with E-state index in [-0.39, 0.29) is 17.7 Å². The second-order valence-electron chi connectivity index (χ2n) is 7.09. The van der Waals surface area contributed by atoms with E-state index in [1.54, 1.807) is 22.3 Å². The first-order chi connectivity index (χ1) is 14.1. The molecule has 0 saturated carbocycles. The Morgan fingerprint density at radius 1 is 1.14 bits per heavy atom. The fraction of sp³-hybridized carbons (Fsp3) is 0.217. The average Bonchev–Trinajstić information content (AvgIpc) is 3.20. The number of halogens is 1. The minimum atomic E-state index is -0.443. The van der Waals surface area contributed by atoms with Crippen molar-refractivity contribution in [3.8, 4) is 10.4 Å². The van der Waals surface area contributed by atoms with E-state index in [1.165, 1.54) is 18.2 Å². The third-order valence-electron chi connectivity index (χ3n) is 5.12. The Balaban J connectivity index is 1.57. The summed E-state index contributed by atoms with van der Waals surface area (Å²) in [5.74, 6) is -1.12. The predicted octanol–water partition coefficient (Wildman–Crippen LogP) is 3.99. The third-order valence-corrected chi connectivity index (χ3v) is 6.02. The van der Waals surface area contributed by atoms with Gasteiger partial charge in [-0.25, -0.2) is 4.39 Å². The molecule has 3 aromatic rings. The lowest BCUT2D eigenvalue weighted by Crippen LogP contribution is -2.37. The van der Waals surface area contributed by atoms with Crippen LogP contribution >= 0.6 is 11.3 Å². The monoisotopic (exact) mass is 408 g/mol. The smallest absolute Gasteiger partial charge is 0.254 e. The van der Waals surface area contributed by atoms with Crippen LogP contribution in [0.15, 0.2) is 66.0 Å². The minimum Gasteiger partial charge on any atom is -0.354 e. The van der Waals surface area contributed by atoms with Gasteiger partial charge in [0.25, 0.3) is 5.91 Å². The van der Waals surface area contributed by atoms with E-state index in [2.05, 4.69) is 17.4 Å². The van der Waals surface area contributed by atoms with Gasteiger partial charge < -0.3 is 10.2 Å². The van der Waals surface area contributed by atoms with Crippen molar-refractivity contribution in [2.24, 2.45) is 5.92 Å². The van der Waals surface area contributed by atoms with Crippen LogP contribution in [0.2, 0.25) is 0 Å². The van der Waals surface area contributed by atoms with Gasteiger partial charge >= 0.3 is 0 Å². The molecule has 2 amide bonds. The Morgan fingerprint density at radius 3 is 2.79 bits per heavy atom. The number of amides is 2. The lowest BCUT2D eigenvalue weighted by molar-refractivity contribution is -0.124. The van der Waals surface area contributed by atoms with Crippen molar-refractivity contribution in [2.75, 3.05) is 19.6 Å². The molecule has 6 heteroatoms. The van der Waals surface area contributed by atoms with Crippen LogP contribution in [-0.2, 0) is 11.2 Å². The fourth-order valence-corrected chi connectivity index (χ4v) is 4.47. The maximum Gasteiger partial charge on any atom is 0.254 e. The Labute approximate surface area is 173 Å². The Hall–Kier alpha value is -2.99. The summed E-state index contributed by atoms with van der Waals surface area (Å²) in [4.78, 5) is 28.4. The van der Waals surface area contributed by atoms with Gasteiger partial charge in [0, 0.05) is 30.1 Å². The van der Waals surface area contributed by atoms with Crippen molar-refractivity contribution in [3.05, 3.63) is 83.0 Å². The van der Waals surface area contributed by atoms with Crippen molar-refractivity contribution in [3.63, 3.8) is 0 Å². The maximum absolute atomic E-state index is 13.5. The van der Waals surface area contributed by atoms with Crippen LogP contribution in [0.4, 0.5) is 4.39 Å². The van der Waals surface area contributed by atoms with E-state index in [0.29, 0.717) is 31.6 Å². The first-order valence-electron chi connectivity index (χ1n) is 9.56. The summed E-state index contributed by atoms with van der Waals surface area (Å²) < 4.78 is 13.5. The number of carbonyl (C=O) groups is 2. The first-order valence-corrected chi connectivity index (χ1v) is 10.4.